The quantitative estimate of drug-likeness (QED) is 0.720. The third-order valence-electron chi connectivity index (χ3n) is 7.34. The van der Waals surface area contributed by atoms with Crippen LogP contribution in [0.15, 0.2) is 23.2 Å². The minimum Gasteiger partial charge on any atom is -0.312 e. The van der Waals surface area contributed by atoms with Crippen LogP contribution in [0.25, 0.3) is 0 Å². The molecule has 2 aliphatic heterocycles. The van der Waals surface area contributed by atoms with Gasteiger partial charge in [-0.1, -0.05) is 31.4 Å². The van der Waals surface area contributed by atoms with Crippen molar-refractivity contribution in [3.63, 3.8) is 0 Å². The zero-order valence-corrected chi connectivity index (χ0v) is 18.6. The van der Waals surface area contributed by atoms with Crippen LogP contribution in [-0.4, -0.2) is 43.1 Å². The largest absolute Gasteiger partial charge is 0.312 e. The highest BCUT2D eigenvalue weighted by Crippen LogP contribution is 2.34. The Morgan fingerprint density at radius 1 is 1.06 bits per heavy atom. The van der Waals surface area contributed by atoms with Gasteiger partial charge in [0.05, 0.1) is 0 Å². The maximum absolute atomic E-state index is 12.9. The van der Waals surface area contributed by atoms with Crippen LogP contribution < -0.4 is 5.32 Å². The van der Waals surface area contributed by atoms with Gasteiger partial charge in [0.2, 0.25) is 0 Å². The van der Waals surface area contributed by atoms with Crippen LogP contribution in [0.4, 0.5) is 0 Å². The summed E-state index contributed by atoms with van der Waals surface area (Å²) in [6.07, 6.45) is 9.70. The predicted molar refractivity (Wildman–Crippen MR) is 120 cm³/mol. The Morgan fingerprint density at radius 2 is 1.84 bits per heavy atom. The first-order chi connectivity index (χ1) is 15.0. The predicted octanol–water partition coefficient (Wildman–Crippen LogP) is 2.76. The molecule has 1 saturated heterocycles. The van der Waals surface area contributed by atoms with Crippen LogP contribution in [0.5, 0.6) is 0 Å². The van der Waals surface area contributed by atoms with Crippen molar-refractivity contribution in [3.8, 4) is 11.2 Å². The molecule has 0 aromatic heterocycles. The van der Waals surface area contributed by atoms with E-state index in [0.29, 0.717) is 18.8 Å². The van der Waals surface area contributed by atoms with Gasteiger partial charge >= 0.3 is 0 Å². The molecular weight excluding hydrogens is 410 g/mol. The zero-order chi connectivity index (χ0) is 21.5. The summed E-state index contributed by atoms with van der Waals surface area (Å²) in [6, 6.07) is 5.95. The van der Waals surface area contributed by atoms with E-state index in [0.717, 1.165) is 43.5 Å². The second-order valence-corrected chi connectivity index (χ2v) is 10.9. The van der Waals surface area contributed by atoms with Crippen LogP contribution >= 0.6 is 0 Å². The molecule has 2 fully saturated rings. The zero-order valence-electron chi connectivity index (χ0n) is 17.8. The average Bonchev–Trinajstić information content (AvgIpc) is 3.39. The summed E-state index contributed by atoms with van der Waals surface area (Å²) in [5.41, 5.74) is 2.49. The summed E-state index contributed by atoms with van der Waals surface area (Å²) < 4.78 is 27.2. The van der Waals surface area contributed by atoms with Crippen LogP contribution in [0.3, 0.4) is 0 Å². The third kappa shape index (κ3) is 3.92. The van der Waals surface area contributed by atoms with E-state index < -0.39 is 15.6 Å². The molecule has 7 heteroatoms. The first-order valence-electron chi connectivity index (χ1n) is 11.5. The molecule has 1 amide bonds. The number of carbonyl (C=O) groups is 1. The molecule has 1 aromatic rings. The van der Waals surface area contributed by atoms with Crippen molar-refractivity contribution in [2.75, 3.05) is 13.1 Å². The van der Waals surface area contributed by atoms with E-state index in [1.165, 1.54) is 34.7 Å². The van der Waals surface area contributed by atoms with Gasteiger partial charge in [-0.3, -0.25) is 9.79 Å². The van der Waals surface area contributed by atoms with Crippen molar-refractivity contribution in [2.45, 2.75) is 69.7 Å². The standard InChI is InChI=1S/C24H29N3O3S/c28-23-24(26-22(25-23)20-6-2-1-3-7-20)13-15-27(16-14-24)31(29,30)17-12-19-9-4-8-18-10-5-11-21(18)19/h4,8-9,20H,1-3,5-7,10-11,13-16H2,(H,25,26,28). The lowest BCUT2D eigenvalue weighted by molar-refractivity contribution is -0.124. The number of aryl methyl sites for hydroxylation is 1. The van der Waals surface area contributed by atoms with Crippen molar-refractivity contribution in [2.24, 2.45) is 10.9 Å². The van der Waals surface area contributed by atoms with E-state index in [2.05, 4.69) is 22.6 Å². The Morgan fingerprint density at radius 3 is 2.61 bits per heavy atom. The monoisotopic (exact) mass is 439 g/mol. The van der Waals surface area contributed by atoms with Gasteiger partial charge < -0.3 is 5.32 Å². The lowest BCUT2D eigenvalue weighted by Crippen LogP contribution is -2.50. The van der Waals surface area contributed by atoms with Crippen molar-refractivity contribution in [1.82, 2.24) is 9.62 Å². The molecule has 31 heavy (non-hydrogen) atoms. The second kappa shape index (κ2) is 8.07. The molecule has 1 saturated carbocycles. The van der Waals surface area contributed by atoms with Crippen molar-refractivity contribution < 1.29 is 13.2 Å². The molecule has 2 heterocycles. The molecule has 1 N–H and O–H groups in total. The highest BCUT2D eigenvalue weighted by atomic mass is 32.2. The molecule has 164 valence electrons. The molecule has 6 nitrogen and oxygen atoms in total. The Hall–Kier alpha value is -2.17. The molecule has 1 spiro atoms. The lowest BCUT2D eigenvalue weighted by atomic mass is 9.88. The topological polar surface area (TPSA) is 78.8 Å². The van der Waals surface area contributed by atoms with Gasteiger partial charge in [-0.25, -0.2) is 0 Å². The summed E-state index contributed by atoms with van der Waals surface area (Å²) in [6.45, 7) is 0.553. The Labute approximate surface area is 184 Å². The molecule has 2 aliphatic carbocycles. The van der Waals surface area contributed by atoms with Crippen molar-refractivity contribution in [3.05, 3.63) is 34.9 Å². The fourth-order valence-corrected chi connectivity index (χ4v) is 6.50. The number of nitrogens with one attached hydrogen (secondary N) is 1. The number of amides is 1. The number of aliphatic imine (C=N–C) groups is 1. The first kappa shape index (κ1) is 20.7. The number of hydrogen-bond donors (Lipinski definition) is 1. The van der Waals surface area contributed by atoms with E-state index >= 15 is 0 Å². The molecule has 4 aliphatic rings. The van der Waals surface area contributed by atoms with Crippen molar-refractivity contribution >= 4 is 21.8 Å². The number of carbonyl (C=O) groups excluding carboxylic acids is 1. The normalized spacial score (nSPS) is 23.7. The summed E-state index contributed by atoms with van der Waals surface area (Å²) in [5.74, 6) is 4.03. The van der Waals surface area contributed by atoms with E-state index in [4.69, 9.17) is 4.99 Å². The number of nitrogens with zero attached hydrogens (tertiary/aromatic N) is 2. The molecule has 0 unspecified atom stereocenters. The molecule has 1 aromatic carbocycles. The van der Waals surface area contributed by atoms with Gasteiger partial charge in [0.15, 0.2) is 0 Å². The lowest BCUT2D eigenvalue weighted by Gasteiger charge is -2.33. The summed E-state index contributed by atoms with van der Waals surface area (Å²) in [4.78, 5) is 17.6. The Balaban J connectivity index is 1.29. The maximum Gasteiger partial charge on any atom is 0.283 e. The van der Waals surface area contributed by atoms with Crippen LogP contribution in [-0.2, 0) is 27.7 Å². The minimum atomic E-state index is -3.70. The van der Waals surface area contributed by atoms with Crippen molar-refractivity contribution in [1.29, 1.82) is 0 Å². The fraction of sp³-hybridized carbons (Fsp3) is 0.583. The summed E-state index contributed by atoms with van der Waals surface area (Å²) in [5, 5.41) is 5.56. The smallest absolute Gasteiger partial charge is 0.283 e. The number of rotatable bonds is 2. The number of hydrogen-bond acceptors (Lipinski definition) is 4. The number of benzene rings is 1. The number of sulfonamides is 1. The highest BCUT2D eigenvalue weighted by Gasteiger charge is 2.48. The van der Waals surface area contributed by atoms with Gasteiger partial charge in [-0.2, -0.15) is 12.7 Å². The Bertz CT molecular complexity index is 1080. The number of piperidine rings is 1. The van der Waals surface area contributed by atoms with Gasteiger partial charge in [-0.05, 0) is 68.1 Å². The Kier molecular flexibility index (Phi) is 5.39. The summed E-state index contributed by atoms with van der Waals surface area (Å²) in [7, 11) is -3.70. The molecular formula is C24H29N3O3S. The minimum absolute atomic E-state index is 0.0592. The molecule has 5 rings (SSSR count). The maximum atomic E-state index is 12.9. The van der Waals surface area contributed by atoms with Gasteiger partial charge in [0.25, 0.3) is 15.9 Å². The van der Waals surface area contributed by atoms with Gasteiger partial charge in [0, 0.05) is 29.8 Å². The molecule has 0 atom stereocenters. The van der Waals surface area contributed by atoms with E-state index in [-0.39, 0.29) is 19.0 Å². The second-order valence-electron chi connectivity index (χ2n) is 9.25. The summed E-state index contributed by atoms with van der Waals surface area (Å²) >= 11 is 0. The van der Waals surface area contributed by atoms with Crippen LogP contribution in [0.2, 0.25) is 0 Å². The third-order valence-corrected chi connectivity index (χ3v) is 8.75. The van der Waals surface area contributed by atoms with Crippen LogP contribution in [0, 0.1) is 17.1 Å². The number of amidine groups is 1. The first-order valence-corrected chi connectivity index (χ1v) is 13.0. The fourth-order valence-electron chi connectivity index (χ4n) is 5.47. The van der Waals surface area contributed by atoms with E-state index in [1.54, 1.807) is 0 Å². The molecule has 0 bridgehead atoms. The van der Waals surface area contributed by atoms with E-state index in [1.807, 2.05) is 12.1 Å². The van der Waals surface area contributed by atoms with Gasteiger partial charge in [0.1, 0.15) is 11.4 Å². The SMILES string of the molecule is O=C1NC(C2CCCCC2)=NC12CCN(S(=O)(=O)C#Cc1cccc3c1CCC3)CC2. The van der Waals surface area contributed by atoms with Crippen LogP contribution in [0.1, 0.15) is 68.1 Å². The average molecular weight is 440 g/mol. The van der Waals surface area contributed by atoms with E-state index in [9.17, 15) is 13.2 Å². The number of fused-ring (bicyclic) bond motifs is 1. The highest BCUT2D eigenvalue weighted by molar-refractivity contribution is 7.93. The molecule has 0 radical (unpaired) electrons. The van der Waals surface area contributed by atoms with Gasteiger partial charge in [-0.15, -0.1) is 0 Å².